The lowest BCUT2D eigenvalue weighted by Gasteiger charge is -2.15. The highest BCUT2D eigenvalue weighted by atomic mass is 16.3. The third-order valence-corrected chi connectivity index (χ3v) is 3.23. The molecule has 0 amide bonds. The summed E-state index contributed by atoms with van der Waals surface area (Å²) in [5, 5.41) is 1.26. The van der Waals surface area contributed by atoms with Crippen LogP contribution in [0.4, 0.5) is 0 Å². The van der Waals surface area contributed by atoms with Crippen molar-refractivity contribution in [1.29, 1.82) is 0 Å². The molecule has 0 bridgehead atoms. The van der Waals surface area contributed by atoms with E-state index in [0.29, 0.717) is 0 Å². The fraction of sp³-hybridized carbons (Fsp3) is 0.467. The van der Waals surface area contributed by atoms with Crippen LogP contribution in [0.2, 0.25) is 0 Å². The highest BCUT2D eigenvalue weighted by Crippen LogP contribution is 2.34. The molecule has 0 saturated carbocycles. The molecule has 16 heavy (non-hydrogen) atoms. The maximum Gasteiger partial charge on any atom is 0.134 e. The van der Waals surface area contributed by atoms with Crippen molar-refractivity contribution in [2.45, 2.75) is 47.0 Å². The first-order valence-corrected chi connectivity index (χ1v) is 5.81. The van der Waals surface area contributed by atoms with Gasteiger partial charge in [-0.2, -0.15) is 0 Å². The molecule has 0 aliphatic heterocycles. The second kappa shape index (κ2) is 3.38. The maximum atomic E-state index is 6.00. The highest BCUT2D eigenvalue weighted by Gasteiger charge is 2.23. The van der Waals surface area contributed by atoms with Crippen molar-refractivity contribution in [2.24, 2.45) is 0 Å². The lowest BCUT2D eigenvalue weighted by molar-refractivity contribution is 0.426. The van der Waals surface area contributed by atoms with Gasteiger partial charge in [0.1, 0.15) is 11.3 Å². The quantitative estimate of drug-likeness (QED) is 0.624. The number of furan rings is 1. The van der Waals surface area contributed by atoms with E-state index in [2.05, 4.69) is 53.7 Å². The number of benzene rings is 1. The molecule has 2 rings (SSSR count). The van der Waals surface area contributed by atoms with E-state index in [1.165, 1.54) is 22.1 Å². The van der Waals surface area contributed by atoms with Gasteiger partial charge in [-0.1, -0.05) is 20.8 Å². The fourth-order valence-electron chi connectivity index (χ4n) is 2.19. The van der Waals surface area contributed by atoms with Crippen LogP contribution in [0.1, 0.15) is 43.2 Å². The Bertz CT molecular complexity index is 539. The Morgan fingerprint density at radius 2 is 1.50 bits per heavy atom. The number of fused-ring (bicyclic) bond motifs is 1. The zero-order valence-electron chi connectivity index (χ0n) is 11.1. The van der Waals surface area contributed by atoms with Gasteiger partial charge < -0.3 is 4.42 Å². The summed E-state index contributed by atoms with van der Waals surface area (Å²) in [6.07, 6.45) is 0. The maximum absolute atomic E-state index is 6.00. The third-order valence-electron chi connectivity index (χ3n) is 3.23. The first-order valence-electron chi connectivity index (χ1n) is 5.81. The number of hydrogen-bond acceptors (Lipinski definition) is 1. The van der Waals surface area contributed by atoms with E-state index >= 15 is 0 Å². The summed E-state index contributed by atoms with van der Waals surface area (Å²) in [6.45, 7) is 13.0. The molecule has 1 aromatic carbocycles. The molecule has 0 fully saturated rings. The second-order valence-corrected chi connectivity index (χ2v) is 5.74. The van der Waals surface area contributed by atoms with Crippen LogP contribution < -0.4 is 0 Å². The molecular formula is C15H20O. The van der Waals surface area contributed by atoms with Crippen LogP contribution in [0.15, 0.2) is 16.5 Å². The molecule has 1 heteroatoms. The van der Waals surface area contributed by atoms with Crippen LogP contribution in [0.5, 0.6) is 0 Å². The van der Waals surface area contributed by atoms with Gasteiger partial charge >= 0.3 is 0 Å². The minimum absolute atomic E-state index is 0.0743. The first-order chi connectivity index (χ1) is 7.30. The Morgan fingerprint density at radius 1 is 0.938 bits per heavy atom. The molecule has 0 aliphatic carbocycles. The van der Waals surface area contributed by atoms with E-state index in [1.54, 1.807) is 0 Å². The summed E-state index contributed by atoms with van der Waals surface area (Å²) >= 11 is 0. The Labute approximate surface area is 97.5 Å². The van der Waals surface area contributed by atoms with Gasteiger partial charge in [-0.15, -0.1) is 0 Å². The highest BCUT2D eigenvalue weighted by molar-refractivity contribution is 5.84. The molecule has 0 unspecified atom stereocenters. The van der Waals surface area contributed by atoms with Gasteiger partial charge in [0.2, 0.25) is 0 Å². The molecule has 0 saturated heterocycles. The topological polar surface area (TPSA) is 13.1 Å². The molecule has 0 radical (unpaired) electrons. The predicted molar refractivity (Wildman–Crippen MR) is 69.1 cm³/mol. The van der Waals surface area contributed by atoms with E-state index in [-0.39, 0.29) is 5.41 Å². The van der Waals surface area contributed by atoms with Gasteiger partial charge in [0.15, 0.2) is 0 Å². The van der Waals surface area contributed by atoms with Crippen LogP contribution in [-0.2, 0) is 5.41 Å². The van der Waals surface area contributed by atoms with Crippen molar-refractivity contribution in [3.05, 3.63) is 34.6 Å². The summed E-state index contributed by atoms with van der Waals surface area (Å²) in [5.74, 6) is 1.10. The van der Waals surface area contributed by atoms with Crippen molar-refractivity contribution in [3.8, 4) is 0 Å². The van der Waals surface area contributed by atoms with Crippen molar-refractivity contribution < 1.29 is 4.42 Å². The average Bonchev–Trinajstić information content (AvgIpc) is 2.45. The van der Waals surface area contributed by atoms with E-state index in [9.17, 15) is 0 Å². The van der Waals surface area contributed by atoms with Crippen molar-refractivity contribution in [3.63, 3.8) is 0 Å². The van der Waals surface area contributed by atoms with Crippen LogP contribution in [-0.4, -0.2) is 0 Å². The van der Waals surface area contributed by atoms with Crippen LogP contribution >= 0.6 is 0 Å². The van der Waals surface area contributed by atoms with Crippen molar-refractivity contribution in [2.75, 3.05) is 0 Å². The fourth-order valence-corrected chi connectivity index (χ4v) is 2.19. The van der Waals surface area contributed by atoms with Gasteiger partial charge in [-0.3, -0.25) is 0 Å². The normalized spacial score (nSPS) is 12.4. The van der Waals surface area contributed by atoms with Gasteiger partial charge in [-0.05, 0) is 49.6 Å². The number of hydrogen-bond donors (Lipinski definition) is 0. The van der Waals surface area contributed by atoms with E-state index < -0.39 is 0 Å². The average molecular weight is 216 g/mol. The minimum atomic E-state index is 0.0743. The van der Waals surface area contributed by atoms with E-state index in [1.807, 2.05) is 0 Å². The monoisotopic (exact) mass is 216 g/mol. The lowest BCUT2D eigenvalue weighted by Crippen LogP contribution is -2.10. The molecular weight excluding hydrogens is 196 g/mol. The largest absolute Gasteiger partial charge is 0.460 e. The first kappa shape index (κ1) is 11.3. The summed E-state index contributed by atoms with van der Waals surface area (Å²) in [4.78, 5) is 0. The standard InChI is InChI=1S/C15H20O/c1-9-7-12-11(3)14(15(4,5)6)16-13(12)8-10(9)2/h7-8H,1-6H3. The van der Waals surface area contributed by atoms with Gasteiger partial charge in [0, 0.05) is 10.8 Å². The molecule has 86 valence electrons. The lowest BCUT2D eigenvalue weighted by atomic mass is 9.90. The number of rotatable bonds is 0. The second-order valence-electron chi connectivity index (χ2n) is 5.74. The smallest absolute Gasteiger partial charge is 0.134 e. The minimum Gasteiger partial charge on any atom is -0.460 e. The molecule has 0 aliphatic rings. The van der Waals surface area contributed by atoms with E-state index in [4.69, 9.17) is 4.42 Å². The van der Waals surface area contributed by atoms with Crippen LogP contribution in [0.25, 0.3) is 11.0 Å². The zero-order valence-corrected chi connectivity index (χ0v) is 11.1. The van der Waals surface area contributed by atoms with Crippen LogP contribution in [0, 0.1) is 20.8 Å². The van der Waals surface area contributed by atoms with Gasteiger partial charge in [-0.25, -0.2) is 0 Å². The molecule has 1 nitrogen and oxygen atoms in total. The zero-order chi connectivity index (χ0) is 12.1. The molecule has 0 atom stereocenters. The van der Waals surface area contributed by atoms with Crippen molar-refractivity contribution in [1.82, 2.24) is 0 Å². The molecule has 0 spiro atoms. The Morgan fingerprint density at radius 3 is 2.06 bits per heavy atom. The molecule has 1 aromatic heterocycles. The molecule has 1 heterocycles. The van der Waals surface area contributed by atoms with Gasteiger partial charge in [0.25, 0.3) is 0 Å². The van der Waals surface area contributed by atoms with Gasteiger partial charge in [0.05, 0.1) is 0 Å². The SMILES string of the molecule is Cc1cc2oc(C(C)(C)C)c(C)c2cc1C. The summed E-state index contributed by atoms with van der Waals surface area (Å²) in [6, 6.07) is 4.38. The Balaban J connectivity index is 2.79. The Kier molecular flexibility index (Phi) is 2.37. The summed E-state index contributed by atoms with van der Waals surface area (Å²) in [5.41, 5.74) is 5.00. The molecule has 0 N–H and O–H groups in total. The Hall–Kier alpha value is -1.24. The molecule has 2 aromatic rings. The van der Waals surface area contributed by atoms with Crippen molar-refractivity contribution >= 4 is 11.0 Å². The van der Waals surface area contributed by atoms with E-state index in [0.717, 1.165) is 11.3 Å². The summed E-state index contributed by atoms with van der Waals surface area (Å²) < 4.78 is 6.00. The third kappa shape index (κ3) is 1.64. The number of aryl methyl sites for hydroxylation is 3. The van der Waals surface area contributed by atoms with Crippen LogP contribution in [0.3, 0.4) is 0 Å². The summed E-state index contributed by atoms with van der Waals surface area (Å²) in [7, 11) is 0. The predicted octanol–water partition coefficient (Wildman–Crippen LogP) is 4.66.